The van der Waals surface area contributed by atoms with Crippen LogP contribution in [0.15, 0.2) is 30.3 Å². The smallest absolute Gasteiger partial charge is 0.237 e. The molecule has 0 spiro atoms. The first kappa shape index (κ1) is 21.5. The summed E-state index contributed by atoms with van der Waals surface area (Å²) in [5.74, 6) is 0.300. The monoisotopic (exact) mass is 398 g/mol. The number of amides is 1. The lowest BCUT2D eigenvalue weighted by molar-refractivity contribution is -0.135. The first-order valence-electron chi connectivity index (χ1n) is 10.6. The minimum atomic E-state index is -0.159. The van der Waals surface area contributed by atoms with Crippen molar-refractivity contribution >= 4 is 5.91 Å². The summed E-state index contributed by atoms with van der Waals surface area (Å²) in [4.78, 5) is 15.4. The molecule has 1 aromatic heterocycles. The van der Waals surface area contributed by atoms with Crippen LogP contribution in [-0.2, 0) is 16.1 Å². The zero-order chi connectivity index (χ0) is 21.1. The van der Waals surface area contributed by atoms with Crippen LogP contribution in [0.4, 0.5) is 0 Å². The molecule has 6 nitrogen and oxygen atoms in total. The Labute approximate surface area is 174 Å². The van der Waals surface area contributed by atoms with Crippen molar-refractivity contribution in [3.8, 4) is 5.69 Å². The first-order valence-corrected chi connectivity index (χ1v) is 10.6. The maximum Gasteiger partial charge on any atom is 0.237 e. The Morgan fingerprint density at radius 3 is 2.38 bits per heavy atom. The number of morpholine rings is 1. The molecule has 29 heavy (non-hydrogen) atoms. The molecule has 0 radical (unpaired) electrons. The van der Waals surface area contributed by atoms with Gasteiger partial charge in [-0.25, -0.2) is 4.68 Å². The molecule has 1 aliphatic heterocycles. The van der Waals surface area contributed by atoms with Crippen molar-refractivity contribution in [3.63, 3.8) is 0 Å². The third kappa shape index (κ3) is 4.87. The van der Waals surface area contributed by atoms with Gasteiger partial charge in [-0.2, -0.15) is 5.10 Å². The maximum atomic E-state index is 13.1. The number of rotatable bonds is 6. The molecule has 2 heterocycles. The molecule has 1 aliphatic rings. The Morgan fingerprint density at radius 2 is 1.79 bits per heavy atom. The van der Waals surface area contributed by atoms with Crippen molar-refractivity contribution in [1.82, 2.24) is 20.0 Å². The van der Waals surface area contributed by atoms with Gasteiger partial charge in [0.25, 0.3) is 0 Å². The summed E-state index contributed by atoms with van der Waals surface area (Å²) in [6.07, 6.45) is 0.280. The number of para-hydroxylation sites is 1. The topological polar surface area (TPSA) is 59.4 Å². The average Bonchev–Trinajstić information content (AvgIpc) is 2.93. The number of nitrogens with one attached hydrogen (secondary N) is 1. The van der Waals surface area contributed by atoms with Crippen molar-refractivity contribution in [2.24, 2.45) is 5.92 Å². The number of ether oxygens (including phenoxy) is 1. The largest absolute Gasteiger partial charge is 0.373 e. The van der Waals surface area contributed by atoms with Gasteiger partial charge >= 0.3 is 0 Å². The molecule has 0 saturated carbocycles. The Hall–Kier alpha value is -2.18. The molecule has 0 bridgehead atoms. The van der Waals surface area contributed by atoms with Crippen LogP contribution in [0.5, 0.6) is 0 Å². The molecule has 158 valence electrons. The van der Waals surface area contributed by atoms with Gasteiger partial charge in [0.2, 0.25) is 5.91 Å². The highest BCUT2D eigenvalue weighted by atomic mass is 16.5. The van der Waals surface area contributed by atoms with Gasteiger partial charge in [-0.05, 0) is 45.7 Å². The van der Waals surface area contributed by atoms with E-state index in [1.54, 1.807) is 0 Å². The molecule has 2 aromatic rings. The third-order valence-electron chi connectivity index (χ3n) is 5.62. The lowest BCUT2D eigenvalue weighted by Crippen LogP contribution is -2.56. The number of nitrogens with zero attached hydrogens (tertiary/aromatic N) is 3. The number of aryl methyl sites for hydroxylation is 1. The van der Waals surface area contributed by atoms with Gasteiger partial charge < -0.3 is 10.1 Å². The van der Waals surface area contributed by atoms with E-state index in [9.17, 15) is 4.79 Å². The van der Waals surface area contributed by atoms with Crippen LogP contribution in [0, 0.1) is 19.8 Å². The summed E-state index contributed by atoms with van der Waals surface area (Å²) in [6, 6.07) is 9.92. The fraction of sp³-hybridized carbons (Fsp3) is 0.565. The third-order valence-corrected chi connectivity index (χ3v) is 5.62. The molecule has 3 unspecified atom stereocenters. The number of hydrogen-bond donors (Lipinski definition) is 1. The Morgan fingerprint density at radius 1 is 1.17 bits per heavy atom. The molecule has 3 atom stereocenters. The molecule has 6 heteroatoms. The van der Waals surface area contributed by atoms with Gasteiger partial charge in [0.1, 0.15) is 0 Å². The fourth-order valence-electron chi connectivity index (χ4n) is 4.37. The van der Waals surface area contributed by atoms with E-state index in [4.69, 9.17) is 4.74 Å². The van der Waals surface area contributed by atoms with E-state index >= 15 is 0 Å². The highest BCUT2D eigenvalue weighted by Gasteiger charge is 2.34. The van der Waals surface area contributed by atoms with Crippen LogP contribution in [0.2, 0.25) is 0 Å². The summed E-state index contributed by atoms with van der Waals surface area (Å²) in [6.45, 7) is 14.5. The molecular formula is C23H34N4O2. The molecule has 1 saturated heterocycles. The van der Waals surface area contributed by atoms with Crippen LogP contribution in [0.25, 0.3) is 5.69 Å². The van der Waals surface area contributed by atoms with Crippen LogP contribution < -0.4 is 5.32 Å². The van der Waals surface area contributed by atoms with Crippen molar-refractivity contribution in [3.05, 3.63) is 47.3 Å². The predicted octanol–water partition coefficient (Wildman–Crippen LogP) is 3.24. The fourth-order valence-corrected chi connectivity index (χ4v) is 4.37. The van der Waals surface area contributed by atoms with E-state index in [0.717, 1.165) is 35.7 Å². The second-order valence-corrected chi connectivity index (χ2v) is 8.51. The Kier molecular flexibility index (Phi) is 6.75. The molecular weight excluding hydrogens is 364 g/mol. The SMILES string of the molecule is Cc1nn(-c2ccccc2)c(C)c1CNC(=O)C(C(C)C)N1CC(C)OC(C)C1. The highest BCUT2D eigenvalue weighted by molar-refractivity contribution is 5.82. The Bertz CT molecular complexity index is 821. The second kappa shape index (κ2) is 9.09. The van der Waals surface area contributed by atoms with Gasteiger partial charge in [0.15, 0.2) is 0 Å². The summed E-state index contributed by atoms with van der Waals surface area (Å²) >= 11 is 0. The van der Waals surface area contributed by atoms with Gasteiger partial charge in [-0.15, -0.1) is 0 Å². The summed E-state index contributed by atoms with van der Waals surface area (Å²) in [7, 11) is 0. The molecule has 0 aliphatic carbocycles. The summed E-state index contributed by atoms with van der Waals surface area (Å²) in [5.41, 5.74) is 4.11. The molecule has 1 aromatic carbocycles. The summed E-state index contributed by atoms with van der Waals surface area (Å²) in [5, 5.41) is 7.87. The lowest BCUT2D eigenvalue weighted by atomic mass is 9.99. The minimum absolute atomic E-state index is 0.0764. The van der Waals surface area contributed by atoms with E-state index in [1.807, 2.05) is 41.9 Å². The van der Waals surface area contributed by atoms with Gasteiger partial charge in [0, 0.05) is 30.9 Å². The quantitative estimate of drug-likeness (QED) is 0.812. The van der Waals surface area contributed by atoms with Crippen LogP contribution in [0.3, 0.4) is 0 Å². The van der Waals surface area contributed by atoms with E-state index in [1.165, 1.54) is 0 Å². The number of carbonyl (C=O) groups excluding carboxylic acids is 1. The van der Waals surface area contributed by atoms with Crippen LogP contribution in [0.1, 0.15) is 44.6 Å². The lowest BCUT2D eigenvalue weighted by Gasteiger charge is -2.41. The van der Waals surface area contributed by atoms with E-state index in [2.05, 4.69) is 49.9 Å². The van der Waals surface area contributed by atoms with Crippen LogP contribution in [-0.4, -0.2) is 51.9 Å². The van der Waals surface area contributed by atoms with E-state index in [0.29, 0.717) is 6.54 Å². The zero-order valence-corrected chi connectivity index (χ0v) is 18.5. The van der Waals surface area contributed by atoms with Gasteiger partial charge in [-0.3, -0.25) is 9.69 Å². The average molecular weight is 399 g/mol. The number of aromatic nitrogens is 2. The number of benzene rings is 1. The number of carbonyl (C=O) groups is 1. The van der Waals surface area contributed by atoms with Crippen LogP contribution >= 0.6 is 0 Å². The van der Waals surface area contributed by atoms with Gasteiger partial charge in [-0.1, -0.05) is 32.0 Å². The van der Waals surface area contributed by atoms with E-state index in [-0.39, 0.29) is 30.1 Å². The predicted molar refractivity (Wildman–Crippen MR) is 115 cm³/mol. The number of hydrogen-bond acceptors (Lipinski definition) is 4. The van der Waals surface area contributed by atoms with Crippen molar-refractivity contribution in [2.75, 3.05) is 13.1 Å². The van der Waals surface area contributed by atoms with Gasteiger partial charge in [0.05, 0.1) is 29.6 Å². The zero-order valence-electron chi connectivity index (χ0n) is 18.5. The van der Waals surface area contributed by atoms with Crippen molar-refractivity contribution in [1.29, 1.82) is 0 Å². The normalized spacial score (nSPS) is 21.3. The molecule has 1 N–H and O–H groups in total. The standard InChI is InChI=1S/C23H34N4O2/c1-15(2)22(26-13-16(3)29-17(4)14-26)23(28)24-12-21-18(5)25-27(19(21)6)20-10-8-7-9-11-20/h7-11,15-17,22H,12-14H2,1-6H3,(H,24,28). The Balaban J connectivity index is 1.73. The van der Waals surface area contributed by atoms with Crippen molar-refractivity contribution < 1.29 is 9.53 Å². The van der Waals surface area contributed by atoms with E-state index < -0.39 is 0 Å². The molecule has 1 amide bonds. The van der Waals surface area contributed by atoms with Crippen molar-refractivity contribution in [2.45, 2.75) is 66.3 Å². The molecule has 1 fully saturated rings. The molecule has 3 rings (SSSR count). The highest BCUT2D eigenvalue weighted by Crippen LogP contribution is 2.20. The minimum Gasteiger partial charge on any atom is -0.373 e. The first-order chi connectivity index (χ1) is 13.8. The maximum absolute atomic E-state index is 13.1. The summed E-state index contributed by atoms with van der Waals surface area (Å²) < 4.78 is 7.79. The second-order valence-electron chi connectivity index (χ2n) is 8.51.